The molecule has 1 aromatic carbocycles. The number of carbonyl (C=O) groups is 1. The zero-order chi connectivity index (χ0) is 10.8. The Balaban J connectivity index is 2.42. The van der Waals surface area contributed by atoms with Crippen molar-refractivity contribution < 1.29 is 9.21 Å². The van der Waals surface area contributed by atoms with Gasteiger partial charge >= 0.3 is 0 Å². The minimum Gasteiger partial charge on any atom is -0.453 e. The molecule has 0 atom stereocenters. The maximum Gasteiger partial charge on any atom is 0.199 e. The largest absolute Gasteiger partial charge is 0.453 e. The van der Waals surface area contributed by atoms with E-state index >= 15 is 0 Å². The number of nitrogens with two attached hydrogens (primary N) is 1. The highest BCUT2D eigenvalue weighted by Gasteiger charge is 2.11. The van der Waals surface area contributed by atoms with E-state index < -0.39 is 0 Å². The van der Waals surface area contributed by atoms with E-state index in [1.54, 1.807) is 6.07 Å². The van der Waals surface area contributed by atoms with Crippen LogP contribution in [0.25, 0.3) is 11.0 Å². The van der Waals surface area contributed by atoms with Crippen molar-refractivity contribution in [2.24, 2.45) is 5.73 Å². The topological polar surface area (TPSA) is 56.2 Å². The van der Waals surface area contributed by atoms with E-state index in [0.29, 0.717) is 18.7 Å². The molecular formula is C11H10BrNO2. The van der Waals surface area contributed by atoms with E-state index in [4.69, 9.17) is 10.2 Å². The Morgan fingerprint density at radius 2 is 2.20 bits per heavy atom. The Morgan fingerprint density at radius 3 is 2.93 bits per heavy atom. The summed E-state index contributed by atoms with van der Waals surface area (Å²) in [6.45, 7) is 0.347. The van der Waals surface area contributed by atoms with E-state index in [-0.39, 0.29) is 5.78 Å². The summed E-state index contributed by atoms with van der Waals surface area (Å²) in [7, 11) is 0. The lowest BCUT2D eigenvalue weighted by molar-refractivity contribution is 0.0961. The number of fused-ring (bicyclic) bond motifs is 1. The zero-order valence-corrected chi connectivity index (χ0v) is 9.58. The number of furan rings is 1. The van der Waals surface area contributed by atoms with Crippen molar-refractivity contribution in [3.05, 3.63) is 34.5 Å². The quantitative estimate of drug-likeness (QED) is 0.871. The number of rotatable bonds is 3. The molecule has 2 aromatic rings. The summed E-state index contributed by atoms with van der Waals surface area (Å²) in [5, 5.41) is 0.921. The van der Waals surface area contributed by atoms with Gasteiger partial charge in [0.15, 0.2) is 11.5 Å². The van der Waals surface area contributed by atoms with E-state index in [1.165, 1.54) is 0 Å². The maximum absolute atomic E-state index is 11.5. The number of carbonyl (C=O) groups excluding carboxylic acids is 1. The molecule has 1 heterocycles. The molecule has 4 heteroatoms. The predicted octanol–water partition coefficient (Wildman–Crippen LogP) is 2.73. The van der Waals surface area contributed by atoms with Crippen LogP contribution in [0.4, 0.5) is 0 Å². The number of benzene rings is 1. The number of ketones is 1. The molecule has 0 radical (unpaired) electrons. The van der Waals surface area contributed by atoms with Crippen LogP contribution in [-0.4, -0.2) is 12.3 Å². The number of halogens is 1. The van der Waals surface area contributed by atoms with Crippen LogP contribution >= 0.6 is 15.9 Å². The summed E-state index contributed by atoms with van der Waals surface area (Å²) in [4.78, 5) is 11.5. The van der Waals surface area contributed by atoms with Crippen LogP contribution in [-0.2, 0) is 0 Å². The van der Waals surface area contributed by atoms with Crippen molar-refractivity contribution in [1.29, 1.82) is 0 Å². The molecule has 0 saturated heterocycles. The second-order valence-electron chi connectivity index (χ2n) is 3.25. The van der Waals surface area contributed by atoms with Crippen LogP contribution in [0.3, 0.4) is 0 Å². The van der Waals surface area contributed by atoms with Crippen LogP contribution in [0.5, 0.6) is 0 Å². The van der Waals surface area contributed by atoms with Gasteiger partial charge in [0.2, 0.25) is 0 Å². The number of Topliss-reactive ketones (excluding diaryl/α,β-unsaturated/α-hetero) is 1. The Labute approximate surface area is 95.4 Å². The predicted molar refractivity (Wildman–Crippen MR) is 61.9 cm³/mol. The van der Waals surface area contributed by atoms with Crippen molar-refractivity contribution in [1.82, 2.24) is 0 Å². The van der Waals surface area contributed by atoms with E-state index in [0.717, 1.165) is 15.4 Å². The van der Waals surface area contributed by atoms with Crippen molar-refractivity contribution in [3.8, 4) is 0 Å². The number of hydrogen-bond acceptors (Lipinski definition) is 3. The molecule has 0 aliphatic heterocycles. The fourth-order valence-corrected chi connectivity index (χ4v) is 1.78. The normalized spacial score (nSPS) is 10.8. The standard InChI is InChI=1S/C11H10BrNO2/c12-8-1-2-10-7(5-8)6-11(15-10)9(14)3-4-13/h1-2,5-6H,3-4,13H2. The Hall–Kier alpha value is -1.13. The van der Waals surface area contributed by atoms with Gasteiger partial charge in [-0.3, -0.25) is 4.79 Å². The van der Waals surface area contributed by atoms with Gasteiger partial charge in [-0.25, -0.2) is 0 Å². The Bertz CT molecular complexity index is 504. The van der Waals surface area contributed by atoms with Crippen molar-refractivity contribution in [2.75, 3.05) is 6.54 Å². The Morgan fingerprint density at radius 1 is 1.40 bits per heavy atom. The first kappa shape index (κ1) is 10.4. The monoisotopic (exact) mass is 267 g/mol. The van der Waals surface area contributed by atoms with Gasteiger partial charge in [0, 0.05) is 16.3 Å². The fraction of sp³-hybridized carbons (Fsp3) is 0.182. The van der Waals surface area contributed by atoms with E-state index in [1.807, 2.05) is 18.2 Å². The van der Waals surface area contributed by atoms with Crippen molar-refractivity contribution >= 4 is 32.7 Å². The maximum atomic E-state index is 11.5. The van der Waals surface area contributed by atoms with Crippen LogP contribution < -0.4 is 5.73 Å². The molecular weight excluding hydrogens is 258 g/mol. The number of hydrogen-bond donors (Lipinski definition) is 1. The van der Waals surface area contributed by atoms with Gasteiger partial charge in [-0.1, -0.05) is 15.9 Å². The van der Waals surface area contributed by atoms with Gasteiger partial charge in [0.1, 0.15) is 5.58 Å². The molecule has 15 heavy (non-hydrogen) atoms. The molecule has 0 bridgehead atoms. The van der Waals surface area contributed by atoms with Crippen LogP contribution in [0, 0.1) is 0 Å². The van der Waals surface area contributed by atoms with E-state index in [9.17, 15) is 4.79 Å². The molecule has 78 valence electrons. The third kappa shape index (κ3) is 2.11. The average Bonchev–Trinajstić information content (AvgIpc) is 2.60. The first-order chi connectivity index (χ1) is 7.20. The van der Waals surface area contributed by atoms with Crippen LogP contribution in [0.15, 0.2) is 33.2 Å². The SMILES string of the molecule is NCCC(=O)c1cc2cc(Br)ccc2o1. The van der Waals surface area contributed by atoms with Crippen molar-refractivity contribution in [2.45, 2.75) is 6.42 Å². The molecule has 0 aliphatic carbocycles. The molecule has 0 unspecified atom stereocenters. The second-order valence-corrected chi connectivity index (χ2v) is 4.17. The molecule has 2 rings (SSSR count). The molecule has 2 N–H and O–H groups in total. The van der Waals surface area contributed by atoms with Gasteiger partial charge in [-0.15, -0.1) is 0 Å². The summed E-state index contributed by atoms with van der Waals surface area (Å²) in [6.07, 6.45) is 0.320. The van der Waals surface area contributed by atoms with Crippen LogP contribution in [0.1, 0.15) is 17.0 Å². The molecule has 0 fully saturated rings. The van der Waals surface area contributed by atoms with Crippen LogP contribution in [0.2, 0.25) is 0 Å². The van der Waals surface area contributed by atoms with Gasteiger partial charge in [0.05, 0.1) is 0 Å². The summed E-state index contributed by atoms with van der Waals surface area (Å²) in [5.41, 5.74) is 6.04. The summed E-state index contributed by atoms with van der Waals surface area (Å²) in [5.74, 6) is 0.332. The third-order valence-corrected chi connectivity index (χ3v) is 2.62. The molecule has 0 amide bonds. The summed E-state index contributed by atoms with van der Waals surface area (Å²) >= 11 is 3.36. The fourth-order valence-electron chi connectivity index (χ4n) is 1.41. The van der Waals surface area contributed by atoms with E-state index in [2.05, 4.69) is 15.9 Å². The zero-order valence-electron chi connectivity index (χ0n) is 8.00. The lowest BCUT2D eigenvalue weighted by atomic mass is 10.2. The minimum atomic E-state index is -0.0511. The van der Waals surface area contributed by atoms with Gasteiger partial charge in [-0.2, -0.15) is 0 Å². The lowest BCUT2D eigenvalue weighted by Gasteiger charge is -1.91. The van der Waals surface area contributed by atoms with Gasteiger partial charge < -0.3 is 10.2 Å². The second kappa shape index (κ2) is 4.16. The highest BCUT2D eigenvalue weighted by Crippen LogP contribution is 2.23. The Kier molecular flexibility index (Phi) is 2.88. The van der Waals surface area contributed by atoms with Gasteiger partial charge in [-0.05, 0) is 30.8 Å². The average molecular weight is 268 g/mol. The highest BCUT2D eigenvalue weighted by molar-refractivity contribution is 9.10. The molecule has 0 aliphatic rings. The smallest absolute Gasteiger partial charge is 0.199 e. The van der Waals surface area contributed by atoms with Crippen molar-refractivity contribution in [3.63, 3.8) is 0 Å². The molecule has 1 aromatic heterocycles. The lowest BCUT2D eigenvalue weighted by Crippen LogP contribution is -2.06. The molecule has 0 spiro atoms. The molecule has 0 saturated carbocycles. The molecule has 3 nitrogen and oxygen atoms in total. The van der Waals surface area contributed by atoms with Gasteiger partial charge in [0.25, 0.3) is 0 Å². The third-order valence-electron chi connectivity index (χ3n) is 2.12. The minimum absolute atomic E-state index is 0.0511. The highest BCUT2D eigenvalue weighted by atomic mass is 79.9. The summed E-state index contributed by atoms with van der Waals surface area (Å²) in [6, 6.07) is 7.37. The first-order valence-corrected chi connectivity index (χ1v) is 5.42. The first-order valence-electron chi connectivity index (χ1n) is 4.63. The summed E-state index contributed by atoms with van der Waals surface area (Å²) < 4.78 is 6.38.